The average molecular weight is 1150 g/mol. The SMILES string of the molecule is CC/C=C\C/C=C\C/C=C\C/C=C\CCCCCCCCCCCCCCCCCCCCC(=O)OCC(COC(=O)CCCCCCC/C=C\CCCCCCC)OC(=O)CCCCCCCCCCCCCCCCCCCCC. The van der Waals surface area contributed by atoms with E-state index in [1.807, 2.05) is 0 Å². The van der Waals surface area contributed by atoms with Crippen molar-refractivity contribution in [2.45, 2.75) is 393 Å². The van der Waals surface area contributed by atoms with Gasteiger partial charge in [0, 0.05) is 19.3 Å². The second-order valence-corrected chi connectivity index (χ2v) is 24.5. The summed E-state index contributed by atoms with van der Waals surface area (Å²) < 4.78 is 17.0. The Hall–Kier alpha value is -2.89. The van der Waals surface area contributed by atoms with Crippen LogP contribution >= 0.6 is 0 Å². The first-order chi connectivity index (χ1) is 40.5. The van der Waals surface area contributed by atoms with Crippen LogP contribution in [0.25, 0.3) is 0 Å². The van der Waals surface area contributed by atoms with Crippen molar-refractivity contribution in [1.82, 2.24) is 0 Å². The minimum atomic E-state index is -0.775. The molecule has 1 unspecified atom stereocenters. The Bertz CT molecular complexity index is 1460. The summed E-state index contributed by atoms with van der Waals surface area (Å²) in [4.78, 5) is 38.4. The van der Waals surface area contributed by atoms with Gasteiger partial charge in [0.2, 0.25) is 0 Å². The molecule has 6 nitrogen and oxygen atoms in total. The fraction of sp³-hybridized carbons (Fsp3) is 0.829. The minimum absolute atomic E-state index is 0.0705. The lowest BCUT2D eigenvalue weighted by Gasteiger charge is -2.18. The molecule has 0 rings (SSSR count). The van der Waals surface area contributed by atoms with Crippen LogP contribution in [0.3, 0.4) is 0 Å². The molecule has 0 aromatic heterocycles. The maximum absolute atomic E-state index is 13.0. The molecule has 1 atom stereocenters. The number of carbonyl (C=O) groups is 3. The van der Waals surface area contributed by atoms with Gasteiger partial charge >= 0.3 is 17.9 Å². The molecule has 0 fully saturated rings. The Morgan fingerprint density at radius 3 is 0.756 bits per heavy atom. The van der Waals surface area contributed by atoms with E-state index in [0.29, 0.717) is 19.3 Å². The number of ether oxygens (including phenoxy) is 3. The van der Waals surface area contributed by atoms with Crippen LogP contribution in [-0.4, -0.2) is 37.2 Å². The van der Waals surface area contributed by atoms with E-state index in [1.165, 1.54) is 257 Å². The van der Waals surface area contributed by atoms with Crippen molar-refractivity contribution in [3.05, 3.63) is 60.8 Å². The highest BCUT2D eigenvalue weighted by Crippen LogP contribution is 2.18. The Morgan fingerprint density at radius 1 is 0.256 bits per heavy atom. The largest absolute Gasteiger partial charge is 0.462 e. The third-order valence-electron chi connectivity index (χ3n) is 16.3. The van der Waals surface area contributed by atoms with Gasteiger partial charge in [-0.1, -0.05) is 345 Å². The van der Waals surface area contributed by atoms with Crippen LogP contribution in [0.4, 0.5) is 0 Å². The minimum Gasteiger partial charge on any atom is -0.462 e. The van der Waals surface area contributed by atoms with E-state index < -0.39 is 6.10 Å². The zero-order valence-corrected chi connectivity index (χ0v) is 55.0. The monoisotopic (exact) mass is 1150 g/mol. The van der Waals surface area contributed by atoms with Gasteiger partial charge in [0.25, 0.3) is 0 Å². The van der Waals surface area contributed by atoms with E-state index in [2.05, 4.69) is 81.5 Å². The first-order valence-corrected chi connectivity index (χ1v) is 36.3. The molecule has 0 saturated heterocycles. The van der Waals surface area contributed by atoms with Gasteiger partial charge in [0.1, 0.15) is 13.2 Å². The predicted octanol–water partition coefficient (Wildman–Crippen LogP) is 25.1. The van der Waals surface area contributed by atoms with Crippen molar-refractivity contribution in [3.8, 4) is 0 Å². The van der Waals surface area contributed by atoms with Gasteiger partial charge in [-0.25, -0.2) is 0 Å². The molecule has 0 aromatic carbocycles. The second-order valence-electron chi connectivity index (χ2n) is 24.5. The highest BCUT2D eigenvalue weighted by Gasteiger charge is 2.19. The smallest absolute Gasteiger partial charge is 0.306 e. The van der Waals surface area contributed by atoms with Crippen molar-refractivity contribution in [3.63, 3.8) is 0 Å². The predicted molar refractivity (Wildman–Crippen MR) is 358 cm³/mol. The number of esters is 3. The molecule has 82 heavy (non-hydrogen) atoms. The number of unbranched alkanes of at least 4 members (excludes halogenated alkanes) is 46. The number of hydrogen-bond acceptors (Lipinski definition) is 6. The number of carbonyl (C=O) groups excluding carboxylic acids is 3. The van der Waals surface area contributed by atoms with Crippen molar-refractivity contribution in [2.24, 2.45) is 0 Å². The lowest BCUT2D eigenvalue weighted by Crippen LogP contribution is -2.30. The molecule has 0 radical (unpaired) electrons. The van der Waals surface area contributed by atoms with Crippen LogP contribution in [0.15, 0.2) is 60.8 Å². The summed E-state index contributed by atoms with van der Waals surface area (Å²) in [5, 5.41) is 0. The molecule has 0 aliphatic carbocycles. The summed E-state index contributed by atoms with van der Waals surface area (Å²) in [6.45, 7) is 6.58. The van der Waals surface area contributed by atoms with Crippen molar-refractivity contribution < 1.29 is 28.6 Å². The molecule has 6 heteroatoms. The molecular formula is C76H138O6. The number of hydrogen-bond donors (Lipinski definition) is 0. The van der Waals surface area contributed by atoms with Crippen molar-refractivity contribution in [1.29, 1.82) is 0 Å². The van der Waals surface area contributed by atoms with Crippen LogP contribution in [0.1, 0.15) is 387 Å². The summed E-state index contributed by atoms with van der Waals surface area (Å²) in [5.41, 5.74) is 0. The molecular weight excluding hydrogens is 1010 g/mol. The van der Waals surface area contributed by atoms with Gasteiger partial charge in [-0.05, 0) is 83.5 Å². The molecule has 0 saturated carbocycles. The fourth-order valence-corrected chi connectivity index (χ4v) is 10.8. The molecule has 0 N–H and O–H groups in total. The van der Waals surface area contributed by atoms with E-state index in [-0.39, 0.29) is 31.1 Å². The Morgan fingerprint density at radius 2 is 0.476 bits per heavy atom. The third kappa shape index (κ3) is 67.9. The Labute approximate surface area is 510 Å². The highest BCUT2D eigenvalue weighted by atomic mass is 16.6. The Balaban J connectivity index is 4.19. The van der Waals surface area contributed by atoms with Crippen LogP contribution in [0.5, 0.6) is 0 Å². The quantitative estimate of drug-likeness (QED) is 0.0261. The van der Waals surface area contributed by atoms with E-state index in [4.69, 9.17) is 14.2 Å². The lowest BCUT2D eigenvalue weighted by atomic mass is 10.0. The van der Waals surface area contributed by atoms with Gasteiger partial charge < -0.3 is 14.2 Å². The lowest BCUT2D eigenvalue weighted by molar-refractivity contribution is -0.167. The van der Waals surface area contributed by atoms with Crippen molar-refractivity contribution >= 4 is 17.9 Å². The molecule has 0 aromatic rings. The van der Waals surface area contributed by atoms with E-state index in [9.17, 15) is 14.4 Å². The van der Waals surface area contributed by atoms with Gasteiger partial charge in [-0.2, -0.15) is 0 Å². The molecule has 0 aliphatic rings. The normalized spacial score (nSPS) is 12.4. The molecule has 0 amide bonds. The van der Waals surface area contributed by atoms with Crippen LogP contribution in [-0.2, 0) is 28.6 Å². The van der Waals surface area contributed by atoms with Crippen LogP contribution in [0.2, 0.25) is 0 Å². The summed E-state index contributed by atoms with van der Waals surface area (Å²) in [6, 6.07) is 0. The average Bonchev–Trinajstić information content (AvgIpc) is 3.47. The summed E-state index contributed by atoms with van der Waals surface area (Å²) in [7, 11) is 0. The summed E-state index contributed by atoms with van der Waals surface area (Å²) >= 11 is 0. The molecule has 0 heterocycles. The zero-order valence-electron chi connectivity index (χ0n) is 55.0. The third-order valence-corrected chi connectivity index (χ3v) is 16.3. The number of allylic oxidation sites excluding steroid dienone is 10. The van der Waals surface area contributed by atoms with Crippen LogP contribution in [0, 0.1) is 0 Å². The fourth-order valence-electron chi connectivity index (χ4n) is 10.8. The number of rotatable bonds is 67. The van der Waals surface area contributed by atoms with E-state index in [1.54, 1.807) is 0 Å². The van der Waals surface area contributed by atoms with Crippen LogP contribution < -0.4 is 0 Å². The first-order valence-electron chi connectivity index (χ1n) is 36.3. The van der Waals surface area contributed by atoms with Gasteiger partial charge in [-0.15, -0.1) is 0 Å². The topological polar surface area (TPSA) is 78.9 Å². The molecule has 478 valence electrons. The Kier molecular flexibility index (Phi) is 68.1. The zero-order chi connectivity index (χ0) is 59.2. The standard InChI is InChI=1S/C76H138O6/c1-4-7-10-13-16-19-22-25-28-30-32-33-34-35-36-37-38-39-40-41-42-43-45-46-48-51-54-57-60-63-66-69-75(78)81-72-73(71-80-74(77)68-65-62-59-56-53-50-27-24-21-18-15-12-9-6-3)82-76(79)70-67-64-61-58-55-52-49-47-44-31-29-26-23-20-17-14-11-8-5-2/h7,10,16,19,24-25,27-28,32-33,73H,4-6,8-9,11-15,17-18,20-23,26,29-31,34-72H2,1-3H3/b10-7-,19-16-,27-24-,28-25-,33-32-. The summed E-state index contributed by atoms with van der Waals surface area (Å²) in [5.74, 6) is -0.851. The molecule has 0 aliphatic heterocycles. The second kappa shape index (κ2) is 70.6. The van der Waals surface area contributed by atoms with E-state index in [0.717, 1.165) is 89.9 Å². The maximum atomic E-state index is 13.0. The van der Waals surface area contributed by atoms with E-state index >= 15 is 0 Å². The first kappa shape index (κ1) is 79.1. The molecule has 0 bridgehead atoms. The maximum Gasteiger partial charge on any atom is 0.306 e. The highest BCUT2D eigenvalue weighted by molar-refractivity contribution is 5.71. The van der Waals surface area contributed by atoms with Gasteiger partial charge in [0.05, 0.1) is 0 Å². The molecule has 0 spiro atoms. The van der Waals surface area contributed by atoms with Gasteiger partial charge in [0.15, 0.2) is 6.10 Å². The van der Waals surface area contributed by atoms with Crippen molar-refractivity contribution in [2.75, 3.05) is 13.2 Å². The van der Waals surface area contributed by atoms with Gasteiger partial charge in [-0.3, -0.25) is 14.4 Å². The summed E-state index contributed by atoms with van der Waals surface area (Å²) in [6.07, 6.45) is 91.2.